The lowest BCUT2D eigenvalue weighted by Crippen LogP contribution is -2.53. The molecule has 132 valence electrons. The Bertz CT molecular complexity index is 550. The average Bonchev–Trinajstić information content (AvgIpc) is 2.62. The molecule has 0 radical (unpaired) electrons. The fraction of sp³-hybridized carbons (Fsp3) is 0.667. The number of likely N-dealkylation sites (tertiary alicyclic amines) is 1. The van der Waals surface area contributed by atoms with Gasteiger partial charge in [-0.3, -0.25) is 9.88 Å². The average molecular weight is 332 g/mol. The van der Waals surface area contributed by atoms with Crippen molar-refractivity contribution in [1.29, 1.82) is 0 Å². The van der Waals surface area contributed by atoms with E-state index in [1.807, 2.05) is 24.9 Å². The molecule has 0 aliphatic carbocycles. The van der Waals surface area contributed by atoms with Gasteiger partial charge in [-0.05, 0) is 38.8 Å². The zero-order chi connectivity index (χ0) is 16.9. The summed E-state index contributed by atoms with van der Waals surface area (Å²) in [4.78, 5) is 22.9. The number of anilines is 1. The van der Waals surface area contributed by atoms with Gasteiger partial charge in [0, 0.05) is 62.9 Å². The van der Waals surface area contributed by atoms with E-state index < -0.39 is 0 Å². The van der Waals surface area contributed by atoms with Gasteiger partial charge in [0.25, 0.3) is 0 Å². The van der Waals surface area contributed by atoms with Crippen LogP contribution in [0.15, 0.2) is 18.3 Å². The van der Waals surface area contributed by atoms with E-state index in [-0.39, 0.29) is 6.09 Å². The molecule has 0 aromatic carbocycles. The van der Waals surface area contributed by atoms with E-state index in [0.29, 0.717) is 12.6 Å². The van der Waals surface area contributed by atoms with Gasteiger partial charge < -0.3 is 14.5 Å². The Balaban J connectivity index is 1.47. The summed E-state index contributed by atoms with van der Waals surface area (Å²) < 4.78 is 5.10. The number of piperidine rings is 1. The third-order valence-electron chi connectivity index (χ3n) is 5.07. The minimum absolute atomic E-state index is 0.158. The summed E-state index contributed by atoms with van der Waals surface area (Å²) in [6.45, 7) is 10.3. The van der Waals surface area contributed by atoms with E-state index in [2.05, 4.69) is 26.9 Å². The van der Waals surface area contributed by atoms with Crippen molar-refractivity contribution in [2.75, 3.05) is 50.8 Å². The van der Waals surface area contributed by atoms with Gasteiger partial charge in [0.2, 0.25) is 0 Å². The van der Waals surface area contributed by atoms with Crippen LogP contribution in [0.4, 0.5) is 10.5 Å². The van der Waals surface area contributed by atoms with E-state index in [9.17, 15) is 4.79 Å². The highest BCUT2D eigenvalue weighted by atomic mass is 16.6. The van der Waals surface area contributed by atoms with Gasteiger partial charge in [-0.2, -0.15) is 0 Å². The Morgan fingerprint density at radius 1 is 1.21 bits per heavy atom. The van der Waals surface area contributed by atoms with E-state index in [1.54, 1.807) is 0 Å². The lowest BCUT2D eigenvalue weighted by atomic mass is 10.0. The van der Waals surface area contributed by atoms with Crippen molar-refractivity contribution >= 4 is 11.8 Å². The monoisotopic (exact) mass is 332 g/mol. The number of pyridine rings is 1. The zero-order valence-electron chi connectivity index (χ0n) is 14.8. The van der Waals surface area contributed by atoms with Gasteiger partial charge in [-0.25, -0.2) is 4.79 Å². The highest BCUT2D eigenvalue weighted by molar-refractivity contribution is 5.67. The van der Waals surface area contributed by atoms with Crippen LogP contribution in [-0.2, 0) is 4.74 Å². The molecule has 0 spiro atoms. The first kappa shape index (κ1) is 17.0. The molecule has 0 unspecified atom stereocenters. The van der Waals surface area contributed by atoms with Gasteiger partial charge in [0.1, 0.15) is 0 Å². The molecule has 0 N–H and O–H groups in total. The fourth-order valence-electron chi connectivity index (χ4n) is 3.70. The quantitative estimate of drug-likeness (QED) is 0.849. The molecule has 2 aliphatic heterocycles. The minimum atomic E-state index is -0.158. The number of aryl methyl sites for hydroxylation is 1. The zero-order valence-corrected chi connectivity index (χ0v) is 14.8. The van der Waals surface area contributed by atoms with Gasteiger partial charge >= 0.3 is 6.09 Å². The smallest absolute Gasteiger partial charge is 0.409 e. The molecular weight excluding hydrogens is 304 g/mol. The second kappa shape index (κ2) is 7.83. The lowest BCUT2D eigenvalue weighted by Gasteiger charge is -2.43. The Labute approximate surface area is 144 Å². The Hall–Kier alpha value is -1.82. The van der Waals surface area contributed by atoms with Gasteiger partial charge in [0.05, 0.1) is 6.61 Å². The SMILES string of the molecule is CCOC(=O)N1CCC(N2CCN(c3ccnc(C)c3)CC2)CC1. The Kier molecular flexibility index (Phi) is 5.56. The summed E-state index contributed by atoms with van der Waals surface area (Å²) in [5.41, 5.74) is 2.35. The van der Waals surface area contributed by atoms with Crippen molar-refractivity contribution < 1.29 is 9.53 Å². The summed E-state index contributed by atoms with van der Waals surface area (Å²) >= 11 is 0. The summed E-state index contributed by atoms with van der Waals surface area (Å²) in [7, 11) is 0. The minimum Gasteiger partial charge on any atom is -0.450 e. The second-order valence-corrected chi connectivity index (χ2v) is 6.60. The summed E-state index contributed by atoms with van der Waals surface area (Å²) in [5, 5.41) is 0. The molecule has 6 heteroatoms. The highest BCUT2D eigenvalue weighted by Crippen LogP contribution is 2.21. The predicted octanol–water partition coefficient (Wildman–Crippen LogP) is 2.13. The molecule has 6 nitrogen and oxygen atoms in total. The first-order chi connectivity index (χ1) is 11.7. The van der Waals surface area contributed by atoms with E-state index in [0.717, 1.165) is 57.8 Å². The molecule has 24 heavy (non-hydrogen) atoms. The number of aromatic nitrogens is 1. The molecule has 1 aromatic rings. The van der Waals surface area contributed by atoms with Gasteiger partial charge in [-0.1, -0.05) is 0 Å². The molecule has 2 aliphatic rings. The van der Waals surface area contributed by atoms with E-state index in [1.165, 1.54) is 5.69 Å². The molecule has 1 amide bonds. The summed E-state index contributed by atoms with van der Waals surface area (Å²) in [6.07, 6.45) is 3.83. The molecule has 0 atom stereocenters. The highest BCUT2D eigenvalue weighted by Gasteiger charge is 2.29. The topological polar surface area (TPSA) is 48.9 Å². The largest absolute Gasteiger partial charge is 0.450 e. The van der Waals surface area contributed by atoms with E-state index in [4.69, 9.17) is 4.74 Å². The van der Waals surface area contributed by atoms with Crippen LogP contribution in [-0.4, -0.2) is 72.8 Å². The second-order valence-electron chi connectivity index (χ2n) is 6.60. The number of hydrogen-bond acceptors (Lipinski definition) is 5. The first-order valence-corrected chi connectivity index (χ1v) is 9.00. The molecule has 0 saturated carbocycles. The van der Waals surface area contributed by atoms with E-state index >= 15 is 0 Å². The van der Waals surface area contributed by atoms with Crippen LogP contribution in [0.5, 0.6) is 0 Å². The predicted molar refractivity (Wildman–Crippen MR) is 94.4 cm³/mol. The van der Waals surface area contributed by atoms with Crippen LogP contribution in [0.2, 0.25) is 0 Å². The van der Waals surface area contributed by atoms with Gasteiger partial charge in [0.15, 0.2) is 0 Å². The molecule has 2 fully saturated rings. The first-order valence-electron chi connectivity index (χ1n) is 9.00. The normalized spacial score (nSPS) is 20.2. The summed E-state index contributed by atoms with van der Waals surface area (Å²) in [6, 6.07) is 4.85. The maximum Gasteiger partial charge on any atom is 0.409 e. The van der Waals surface area contributed by atoms with Crippen molar-refractivity contribution in [3.8, 4) is 0 Å². The molecule has 3 rings (SSSR count). The molecular formula is C18H28N4O2. The maximum absolute atomic E-state index is 11.8. The van der Waals surface area contributed by atoms with Crippen molar-refractivity contribution in [3.05, 3.63) is 24.0 Å². The number of carbonyl (C=O) groups excluding carboxylic acids is 1. The third kappa shape index (κ3) is 3.98. The van der Waals surface area contributed by atoms with Crippen LogP contribution in [0, 0.1) is 6.92 Å². The van der Waals surface area contributed by atoms with Gasteiger partial charge in [-0.15, -0.1) is 0 Å². The third-order valence-corrected chi connectivity index (χ3v) is 5.07. The van der Waals surface area contributed by atoms with Crippen molar-refractivity contribution in [2.24, 2.45) is 0 Å². The molecule has 2 saturated heterocycles. The number of amides is 1. The number of piperazine rings is 1. The van der Waals surface area contributed by atoms with Crippen molar-refractivity contribution in [1.82, 2.24) is 14.8 Å². The van der Waals surface area contributed by atoms with Crippen LogP contribution in [0.25, 0.3) is 0 Å². The van der Waals surface area contributed by atoms with Crippen molar-refractivity contribution in [2.45, 2.75) is 32.7 Å². The van der Waals surface area contributed by atoms with Crippen LogP contribution in [0.1, 0.15) is 25.5 Å². The standard InChI is InChI=1S/C18H28N4O2/c1-3-24-18(23)22-8-5-16(6-9-22)20-10-12-21(13-11-20)17-4-7-19-15(2)14-17/h4,7,14,16H,3,5-6,8-13H2,1-2H3. The van der Waals surface area contributed by atoms with Crippen molar-refractivity contribution in [3.63, 3.8) is 0 Å². The number of nitrogens with zero attached hydrogens (tertiary/aromatic N) is 4. The summed E-state index contributed by atoms with van der Waals surface area (Å²) in [5.74, 6) is 0. The fourth-order valence-corrected chi connectivity index (χ4v) is 3.70. The lowest BCUT2D eigenvalue weighted by molar-refractivity contribution is 0.0729. The maximum atomic E-state index is 11.8. The molecule has 1 aromatic heterocycles. The molecule has 3 heterocycles. The number of hydrogen-bond donors (Lipinski definition) is 0. The number of ether oxygens (including phenoxy) is 1. The molecule has 0 bridgehead atoms. The Morgan fingerprint density at radius 3 is 2.54 bits per heavy atom. The number of rotatable bonds is 3. The van der Waals surface area contributed by atoms with Crippen LogP contribution >= 0.6 is 0 Å². The van der Waals surface area contributed by atoms with Crippen LogP contribution < -0.4 is 4.90 Å². The van der Waals surface area contributed by atoms with Crippen LogP contribution in [0.3, 0.4) is 0 Å². The number of carbonyl (C=O) groups is 1. The Morgan fingerprint density at radius 2 is 1.92 bits per heavy atom.